The van der Waals surface area contributed by atoms with Crippen LogP contribution >= 0.6 is 0 Å². The minimum atomic E-state index is -0.691. The summed E-state index contributed by atoms with van der Waals surface area (Å²) >= 11 is 0. The van der Waals surface area contributed by atoms with Crippen LogP contribution in [0.15, 0.2) is 24.3 Å². The van der Waals surface area contributed by atoms with Crippen molar-refractivity contribution in [2.75, 3.05) is 13.2 Å². The van der Waals surface area contributed by atoms with Gasteiger partial charge < -0.3 is 20.1 Å². The molecule has 5 unspecified atom stereocenters. The molecule has 6 rings (SSSR count). The lowest BCUT2D eigenvalue weighted by Crippen LogP contribution is -2.69. The van der Waals surface area contributed by atoms with Crippen molar-refractivity contribution in [3.05, 3.63) is 29.8 Å². The van der Waals surface area contributed by atoms with Crippen LogP contribution in [0.1, 0.15) is 55.8 Å². The molecule has 6 heteroatoms. The molecule has 1 aromatic carbocycles. The highest BCUT2D eigenvalue weighted by Crippen LogP contribution is 2.58. The fourth-order valence-corrected chi connectivity index (χ4v) is 5.80. The summed E-state index contributed by atoms with van der Waals surface area (Å²) in [5.41, 5.74) is -0.288. The summed E-state index contributed by atoms with van der Waals surface area (Å²) in [6.45, 7) is 3.57. The number of benzene rings is 1. The molecular formula is C22H28N2O4. The maximum atomic E-state index is 13.0. The van der Waals surface area contributed by atoms with Crippen molar-refractivity contribution >= 4 is 11.8 Å². The van der Waals surface area contributed by atoms with Crippen molar-refractivity contribution in [3.8, 4) is 5.75 Å². The highest BCUT2D eigenvalue weighted by molar-refractivity contribution is 5.98. The average molecular weight is 384 g/mol. The van der Waals surface area contributed by atoms with Gasteiger partial charge in [-0.25, -0.2) is 0 Å². The predicted molar refractivity (Wildman–Crippen MR) is 103 cm³/mol. The molecule has 2 heterocycles. The van der Waals surface area contributed by atoms with E-state index in [9.17, 15) is 9.59 Å². The van der Waals surface area contributed by atoms with Gasteiger partial charge in [0.2, 0.25) is 5.91 Å². The molecule has 3 aliphatic carbocycles. The Hall–Kier alpha value is -2.08. The lowest BCUT2D eigenvalue weighted by Gasteiger charge is -2.59. The van der Waals surface area contributed by atoms with Gasteiger partial charge in [0, 0.05) is 31.4 Å². The summed E-state index contributed by atoms with van der Waals surface area (Å²) in [4.78, 5) is 25.7. The van der Waals surface area contributed by atoms with Crippen LogP contribution in [0.25, 0.3) is 0 Å². The SMILES string of the molecule is CC12CCC(CC1C(=O)NCC1CCCO1)C1(C2)NC(=O)c2ccccc2O1. The van der Waals surface area contributed by atoms with E-state index in [4.69, 9.17) is 9.47 Å². The quantitative estimate of drug-likeness (QED) is 0.840. The second-order valence-electron chi connectivity index (χ2n) is 9.18. The van der Waals surface area contributed by atoms with Crippen molar-refractivity contribution in [2.24, 2.45) is 17.3 Å². The van der Waals surface area contributed by atoms with Gasteiger partial charge in [0.05, 0.1) is 11.7 Å². The zero-order valence-electron chi connectivity index (χ0n) is 16.3. The second kappa shape index (κ2) is 6.48. The van der Waals surface area contributed by atoms with Gasteiger partial charge in [0.25, 0.3) is 5.91 Å². The Morgan fingerprint density at radius 2 is 2.18 bits per heavy atom. The van der Waals surface area contributed by atoms with E-state index in [0.29, 0.717) is 24.3 Å². The van der Waals surface area contributed by atoms with Crippen LogP contribution in [0.3, 0.4) is 0 Å². The zero-order chi connectivity index (χ0) is 19.4. The van der Waals surface area contributed by atoms with Gasteiger partial charge in [-0.2, -0.15) is 0 Å². The Bertz CT molecular complexity index is 805. The molecule has 28 heavy (non-hydrogen) atoms. The van der Waals surface area contributed by atoms with Gasteiger partial charge in [-0.3, -0.25) is 9.59 Å². The fourth-order valence-electron chi connectivity index (χ4n) is 5.80. The first-order valence-corrected chi connectivity index (χ1v) is 10.5. The zero-order valence-corrected chi connectivity index (χ0v) is 16.3. The number of carbonyl (C=O) groups excluding carboxylic acids is 2. The molecule has 2 bridgehead atoms. The third-order valence-corrected chi connectivity index (χ3v) is 7.34. The Morgan fingerprint density at radius 3 is 2.96 bits per heavy atom. The molecule has 0 aromatic heterocycles. The predicted octanol–water partition coefficient (Wildman–Crippen LogP) is 2.63. The molecular weight excluding hydrogens is 356 g/mol. The topological polar surface area (TPSA) is 76.7 Å². The Kier molecular flexibility index (Phi) is 4.16. The second-order valence-corrected chi connectivity index (χ2v) is 9.18. The minimum absolute atomic E-state index is 0.0454. The minimum Gasteiger partial charge on any atom is -0.467 e. The number of rotatable bonds is 3. The van der Waals surface area contributed by atoms with Crippen LogP contribution in [0.2, 0.25) is 0 Å². The number of carbonyl (C=O) groups is 2. The van der Waals surface area contributed by atoms with Gasteiger partial charge in [-0.15, -0.1) is 0 Å². The first kappa shape index (κ1) is 18.0. The average Bonchev–Trinajstić information content (AvgIpc) is 3.19. The van der Waals surface area contributed by atoms with Crippen molar-refractivity contribution in [3.63, 3.8) is 0 Å². The van der Waals surface area contributed by atoms with E-state index in [1.807, 2.05) is 18.2 Å². The number of hydrogen-bond acceptors (Lipinski definition) is 4. The molecule has 0 radical (unpaired) electrons. The molecule has 3 saturated carbocycles. The Balaban J connectivity index is 1.34. The number of nitrogens with one attached hydrogen (secondary N) is 2. The summed E-state index contributed by atoms with van der Waals surface area (Å²) in [6.07, 6.45) is 5.62. The van der Waals surface area contributed by atoms with Gasteiger partial charge in [0.1, 0.15) is 5.75 Å². The van der Waals surface area contributed by atoms with Crippen LogP contribution in [0, 0.1) is 17.3 Å². The summed E-state index contributed by atoms with van der Waals surface area (Å²) in [5, 5.41) is 6.30. The van der Waals surface area contributed by atoms with Gasteiger partial charge in [-0.1, -0.05) is 19.1 Å². The van der Waals surface area contributed by atoms with Crippen LogP contribution in [-0.4, -0.2) is 36.8 Å². The third kappa shape index (κ3) is 2.81. The molecule has 2 aliphatic heterocycles. The van der Waals surface area contributed by atoms with E-state index in [-0.39, 0.29) is 35.2 Å². The van der Waals surface area contributed by atoms with Gasteiger partial charge in [0.15, 0.2) is 5.72 Å². The normalized spacial score (nSPS) is 38.6. The number of fused-ring (bicyclic) bond motifs is 3. The largest absolute Gasteiger partial charge is 0.467 e. The highest BCUT2D eigenvalue weighted by Gasteiger charge is 2.61. The molecule has 1 saturated heterocycles. The van der Waals surface area contributed by atoms with E-state index >= 15 is 0 Å². The highest BCUT2D eigenvalue weighted by atomic mass is 16.5. The van der Waals surface area contributed by atoms with Crippen molar-refractivity contribution in [2.45, 2.75) is 57.3 Å². The monoisotopic (exact) mass is 384 g/mol. The standard InChI is InChI=1S/C22H28N2O4/c1-21-9-8-14(11-17(21)20(26)23-12-15-5-4-10-27-15)22(13-21)24-19(25)16-6-2-3-7-18(16)28-22/h2-3,6-7,14-15,17H,4-5,8-13H2,1H3,(H,23,26)(H,24,25). The lowest BCUT2D eigenvalue weighted by molar-refractivity contribution is -0.167. The van der Waals surface area contributed by atoms with Crippen LogP contribution in [0.5, 0.6) is 5.75 Å². The number of amides is 2. The third-order valence-electron chi connectivity index (χ3n) is 7.34. The maximum absolute atomic E-state index is 13.0. The van der Waals surface area contributed by atoms with E-state index in [1.165, 1.54) is 0 Å². The molecule has 1 spiro atoms. The maximum Gasteiger partial charge on any atom is 0.258 e. The van der Waals surface area contributed by atoms with Crippen molar-refractivity contribution < 1.29 is 19.1 Å². The van der Waals surface area contributed by atoms with Crippen LogP contribution < -0.4 is 15.4 Å². The summed E-state index contributed by atoms with van der Waals surface area (Å²) in [5.74, 6) is 0.806. The summed E-state index contributed by atoms with van der Waals surface area (Å²) in [6, 6.07) is 7.41. The Morgan fingerprint density at radius 1 is 1.32 bits per heavy atom. The van der Waals surface area contributed by atoms with E-state index in [2.05, 4.69) is 17.6 Å². The number of ether oxygens (including phenoxy) is 2. The first-order valence-electron chi connectivity index (χ1n) is 10.5. The smallest absolute Gasteiger partial charge is 0.258 e. The number of hydrogen-bond donors (Lipinski definition) is 2. The molecule has 6 nitrogen and oxygen atoms in total. The van der Waals surface area contributed by atoms with E-state index in [0.717, 1.165) is 38.7 Å². The van der Waals surface area contributed by atoms with E-state index in [1.54, 1.807) is 6.07 Å². The van der Waals surface area contributed by atoms with Gasteiger partial charge in [-0.05, 0) is 49.7 Å². The van der Waals surface area contributed by atoms with Crippen molar-refractivity contribution in [1.29, 1.82) is 0 Å². The van der Waals surface area contributed by atoms with Crippen molar-refractivity contribution in [1.82, 2.24) is 10.6 Å². The van der Waals surface area contributed by atoms with Crippen LogP contribution in [-0.2, 0) is 9.53 Å². The van der Waals surface area contributed by atoms with E-state index < -0.39 is 5.72 Å². The first-order chi connectivity index (χ1) is 13.5. The summed E-state index contributed by atoms with van der Waals surface area (Å²) in [7, 11) is 0. The lowest BCUT2D eigenvalue weighted by atomic mass is 9.52. The molecule has 4 fully saturated rings. The molecule has 2 N–H and O–H groups in total. The molecule has 2 amide bonds. The van der Waals surface area contributed by atoms with Crippen LogP contribution in [0.4, 0.5) is 0 Å². The Labute approximate surface area is 165 Å². The molecule has 150 valence electrons. The molecule has 5 atom stereocenters. The van der Waals surface area contributed by atoms with Gasteiger partial charge >= 0.3 is 0 Å². The fraction of sp³-hybridized carbons (Fsp3) is 0.636. The summed E-state index contributed by atoms with van der Waals surface area (Å²) < 4.78 is 12.0. The number of para-hydroxylation sites is 1. The molecule has 5 aliphatic rings. The molecule has 1 aromatic rings.